The van der Waals surface area contributed by atoms with Crippen LogP contribution in [0.5, 0.6) is 0 Å². The third-order valence-electron chi connectivity index (χ3n) is 2.94. The quantitative estimate of drug-likeness (QED) is 0.809. The molecule has 20 heavy (non-hydrogen) atoms. The number of anilines is 1. The van der Waals surface area contributed by atoms with Crippen LogP contribution in [0.3, 0.4) is 0 Å². The first-order valence-corrected chi connectivity index (χ1v) is 6.28. The zero-order chi connectivity index (χ0) is 14.6. The lowest BCUT2D eigenvalue weighted by molar-refractivity contribution is -0.127. The topological polar surface area (TPSA) is 24.4 Å². The van der Waals surface area contributed by atoms with Gasteiger partial charge in [-0.05, 0) is 37.3 Å². The van der Waals surface area contributed by atoms with Crippen molar-refractivity contribution < 1.29 is 13.2 Å². The first-order chi connectivity index (χ1) is 9.48. The van der Waals surface area contributed by atoms with Crippen molar-refractivity contribution in [2.45, 2.75) is 25.4 Å². The maximum absolute atomic E-state index is 12.3. The van der Waals surface area contributed by atoms with Crippen molar-refractivity contribution in [2.24, 2.45) is 4.99 Å². The van der Waals surface area contributed by atoms with Crippen molar-refractivity contribution in [3.8, 4) is 0 Å². The smallest absolute Gasteiger partial charge is 0.354 e. The van der Waals surface area contributed by atoms with Crippen LogP contribution in [0.25, 0.3) is 0 Å². The summed E-state index contributed by atoms with van der Waals surface area (Å²) >= 11 is 0. The molecule has 0 amide bonds. The van der Waals surface area contributed by atoms with E-state index in [4.69, 9.17) is 0 Å². The summed E-state index contributed by atoms with van der Waals surface area (Å²) in [5, 5.41) is 3.15. The molecular weight excluding hydrogens is 265 g/mol. The number of nitrogens with zero attached hydrogens (tertiary/aromatic N) is 1. The second kappa shape index (κ2) is 5.94. The van der Waals surface area contributed by atoms with Gasteiger partial charge in [-0.25, -0.2) is 0 Å². The molecular formula is C15H15F3N2. The number of allylic oxidation sites excluding steroid dienone is 2. The Kier molecular flexibility index (Phi) is 4.27. The summed E-state index contributed by atoms with van der Waals surface area (Å²) in [6, 6.07) is 6.22. The molecule has 0 unspecified atom stereocenters. The Morgan fingerprint density at radius 1 is 1.10 bits per heavy atom. The summed E-state index contributed by atoms with van der Waals surface area (Å²) in [6.45, 7) is 3.51. The largest absolute Gasteiger partial charge is 0.393 e. The van der Waals surface area contributed by atoms with Crippen LogP contribution in [0.1, 0.15) is 18.4 Å². The molecule has 1 N–H and O–H groups in total. The summed E-state index contributed by atoms with van der Waals surface area (Å²) < 4.78 is 36.8. The number of rotatable bonds is 4. The Hall–Kier alpha value is -2.04. The van der Waals surface area contributed by atoms with Crippen molar-refractivity contribution in [1.29, 1.82) is 0 Å². The number of hydrogen-bond acceptors (Lipinski definition) is 2. The first kappa shape index (κ1) is 14.4. The van der Waals surface area contributed by atoms with E-state index in [0.717, 1.165) is 29.9 Å². The van der Waals surface area contributed by atoms with Crippen molar-refractivity contribution in [2.75, 3.05) is 5.32 Å². The number of halogens is 3. The van der Waals surface area contributed by atoms with E-state index in [1.165, 1.54) is 12.1 Å². The Labute approximate surface area is 115 Å². The monoisotopic (exact) mass is 280 g/mol. The van der Waals surface area contributed by atoms with E-state index < -0.39 is 12.6 Å². The minimum atomic E-state index is -4.18. The molecule has 1 aliphatic rings. The average Bonchev–Trinajstić information content (AvgIpc) is 2.40. The molecule has 0 saturated heterocycles. The average molecular weight is 280 g/mol. The number of benzene rings is 1. The fourth-order valence-corrected chi connectivity index (χ4v) is 2.02. The molecule has 0 aliphatic heterocycles. The molecule has 1 aromatic carbocycles. The Bertz CT molecular complexity index is 539. The first-order valence-electron chi connectivity index (χ1n) is 6.28. The molecule has 0 fully saturated rings. The summed E-state index contributed by atoms with van der Waals surface area (Å²) in [5.74, 6) is 0. The van der Waals surface area contributed by atoms with Crippen LogP contribution >= 0.6 is 0 Å². The van der Waals surface area contributed by atoms with Gasteiger partial charge >= 0.3 is 6.18 Å². The van der Waals surface area contributed by atoms with E-state index in [-0.39, 0.29) is 5.56 Å². The molecule has 0 radical (unpaired) electrons. The van der Waals surface area contributed by atoms with Crippen molar-refractivity contribution in [3.63, 3.8) is 0 Å². The van der Waals surface area contributed by atoms with E-state index in [1.807, 2.05) is 12.2 Å². The Morgan fingerprint density at radius 2 is 1.75 bits per heavy atom. The summed E-state index contributed by atoms with van der Waals surface area (Å²) in [4.78, 5) is 3.92. The minimum absolute atomic E-state index is 0.248. The van der Waals surface area contributed by atoms with Gasteiger partial charge in [0, 0.05) is 5.69 Å². The van der Waals surface area contributed by atoms with Crippen LogP contribution in [-0.4, -0.2) is 12.9 Å². The highest BCUT2D eigenvalue weighted by molar-refractivity contribution is 5.55. The maximum Gasteiger partial charge on any atom is 0.393 e. The molecule has 0 bridgehead atoms. The summed E-state index contributed by atoms with van der Waals surface area (Å²) in [7, 11) is 0. The standard InChI is InChI=1S/C15H15F3N2/c1-19-13-4-2-3-5-14(13)20-12-8-6-11(7-9-12)10-15(16,17)18/h4-9,20H,1-3,10H2. The van der Waals surface area contributed by atoms with E-state index in [9.17, 15) is 13.2 Å². The third kappa shape index (κ3) is 3.98. The second-order valence-corrected chi connectivity index (χ2v) is 4.56. The van der Waals surface area contributed by atoms with Crippen molar-refractivity contribution in [1.82, 2.24) is 0 Å². The molecule has 106 valence electrons. The van der Waals surface area contributed by atoms with Gasteiger partial charge in [-0.1, -0.05) is 24.3 Å². The van der Waals surface area contributed by atoms with E-state index in [0.29, 0.717) is 0 Å². The molecule has 5 heteroatoms. The van der Waals surface area contributed by atoms with Crippen LogP contribution in [0, 0.1) is 0 Å². The minimum Gasteiger partial charge on any atom is -0.354 e. The zero-order valence-electron chi connectivity index (χ0n) is 10.9. The zero-order valence-corrected chi connectivity index (χ0v) is 10.9. The third-order valence-corrected chi connectivity index (χ3v) is 2.94. The summed E-state index contributed by atoms with van der Waals surface area (Å²) in [6.07, 6.45) is 0.734. The molecule has 0 aromatic heterocycles. The number of nitrogens with one attached hydrogen (secondary N) is 1. The lowest BCUT2D eigenvalue weighted by Gasteiger charge is -2.15. The molecule has 2 nitrogen and oxygen atoms in total. The molecule has 1 aromatic rings. The maximum atomic E-state index is 12.3. The van der Waals surface area contributed by atoms with Gasteiger partial charge in [0.05, 0.1) is 17.8 Å². The van der Waals surface area contributed by atoms with Gasteiger partial charge < -0.3 is 5.32 Å². The van der Waals surface area contributed by atoms with Crippen LogP contribution in [-0.2, 0) is 6.42 Å². The van der Waals surface area contributed by atoms with Gasteiger partial charge in [0.15, 0.2) is 0 Å². The number of alkyl halides is 3. The van der Waals surface area contributed by atoms with Gasteiger partial charge in [-0.15, -0.1) is 0 Å². The van der Waals surface area contributed by atoms with Gasteiger partial charge in [-0.3, -0.25) is 4.99 Å². The fourth-order valence-electron chi connectivity index (χ4n) is 2.02. The fraction of sp³-hybridized carbons (Fsp3) is 0.267. The van der Waals surface area contributed by atoms with Crippen LogP contribution in [0.4, 0.5) is 18.9 Å². The van der Waals surface area contributed by atoms with Gasteiger partial charge in [0.1, 0.15) is 0 Å². The van der Waals surface area contributed by atoms with Gasteiger partial charge in [0.25, 0.3) is 0 Å². The van der Waals surface area contributed by atoms with Crippen LogP contribution in [0.15, 0.2) is 52.8 Å². The Morgan fingerprint density at radius 3 is 2.35 bits per heavy atom. The highest BCUT2D eigenvalue weighted by Crippen LogP contribution is 2.24. The predicted octanol–water partition coefficient (Wildman–Crippen LogP) is 4.47. The van der Waals surface area contributed by atoms with Gasteiger partial charge in [-0.2, -0.15) is 13.2 Å². The lowest BCUT2D eigenvalue weighted by Crippen LogP contribution is -2.11. The van der Waals surface area contributed by atoms with E-state index in [1.54, 1.807) is 12.1 Å². The predicted molar refractivity (Wildman–Crippen MR) is 74.8 cm³/mol. The number of hydrogen-bond donors (Lipinski definition) is 1. The molecule has 0 heterocycles. The highest BCUT2D eigenvalue weighted by Gasteiger charge is 2.27. The lowest BCUT2D eigenvalue weighted by atomic mass is 10.1. The molecule has 1 aliphatic carbocycles. The molecule has 0 atom stereocenters. The van der Waals surface area contributed by atoms with Crippen molar-refractivity contribution >= 4 is 12.4 Å². The Balaban J connectivity index is 2.06. The summed E-state index contributed by atoms with van der Waals surface area (Å²) in [5.41, 5.74) is 2.60. The van der Waals surface area contributed by atoms with E-state index >= 15 is 0 Å². The molecule has 0 spiro atoms. The van der Waals surface area contributed by atoms with Gasteiger partial charge in [0.2, 0.25) is 0 Å². The molecule has 2 rings (SSSR count). The van der Waals surface area contributed by atoms with Crippen molar-refractivity contribution in [3.05, 3.63) is 53.4 Å². The highest BCUT2D eigenvalue weighted by atomic mass is 19.4. The second-order valence-electron chi connectivity index (χ2n) is 4.56. The molecule has 0 saturated carbocycles. The van der Waals surface area contributed by atoms with Crippen LogP contribution < -0.4 is 5.32 Å². The van der Waals surface area contributed by atoms with Crippen LogP contribution in [0.2, 0.25) is 0 Å². The van der Waals surface area contributed by atoms with E-state index in [2.05, 4.69) is 17.0 Å². The number of aliphatic imine (C=N–C) groups is 1. The normalized spacial score (nSPS) is 15.3. The SMILES string of the molecule is C=NC1=CCCC=C1Nc1ccc(CC(F)(F)F)cc1.